The lowest BCUT2D eigenvalue weighted by molar-refractivity contribution is 0.0984. The van der Waals surface area contributed by atoms with Gasteiger partial charge in [0.15, 0.2) is 11.6 Å². The number of hydrogen-bond acceptors (Lipinski definition) is 3. The largest absolute Gasteiger partial charge is 0.445 e. The monoisotopic (exact) mass is 553 g/mol. The number of halogens is 2. The fraction of sp³-hybridized carbons (Fsp3) is 0.294. The van der Waals surface area contributed by atoms with Gasteiger partial charge >= 0.3 is 6.09 Å². The van der Waals surface area contributed by atoms with Crippen LogP contribution in [0.3, 0.4) is 0 Å². The van der Waals surface area contributed by atoms with Gasteiger partial charge in [0.1, 0.15) is 12.4 Å². The van der Waals surface area contributed by atoms with Crippen LogP contribution >= 0.6 is 0 Å². The van der Waals surface area contributed by atoms with Crippen molar-refractivity contribution in [3.05, 3.63) is 118 Å². The first-order valence-electron chi connectivity index (χ1n) is 13.9. The number of amides is 1. The van der Waals surface area contributed by atoms with Crippen molar-refractivity contribution in [1.82, 2.24) is 14.5 Å². The zero-order chi connectivity index (χ0) is 28.9. The van der Waals surface area contributed by atoms with Crippen LogP contribution in [-0.2, 0) is 24.2 Å². The molecule has 0 N–H and O–H groups in total. The van der Waals surface area contributed by atoms with E-state index in [0.29, 0.717) is 24.9 Å². The van der Waals surface area contributed by atoms with Crippen LogP contribution in [0, 0.1) is 44.2 Å². The molecule has 1 amide bonds. The first-order valence-corrected chi connectivity index (χ1v) is 13.9. The number of pyridine rings is 1. The summed E-state index contributed by atoms with van der Waals surface area (Å²) >= 11 is 0. The zero-order valence-electron chi connectivity index (χ0n) is 23.6. The Hall–Kier alpha value is -4.44. The fourth-order valence-electron chi connectivity index (χ4n) is 5.26. The molecule has 1 aliphatic rings. The van der Waals surface area contributed by atoms with E-state index in [1.165, 1.54) is 0 Å². The Morgan fingerprint density at radius 2 is 1.76 bits per heavy atom. The molecule has 0 saturated carbocycles. The molecule has 5 rings (SSSR count). The number of likely N-dealkylation sites (tertiary alicyclic amines) is 1. The first kappa shape index (κ1) is 28.1. The van der Waals surface area contributed by atoms with Gasteiger partial charge in [0.2, 0.25) is 0 Å². The topological polar surface area (TPSA) is 47.4 Å². The van der Waals surface area contributed by atoms with E-state index in [2.05, 4.69) is 16.4 Å². The van der Waals surface area contributed by atoms with Crippen molar-refractivity contribution in [1.29, 1.82) is 0 Å². The molecule has 2 aromatic heterocycles. The highest BCUT2D eigenvalue weighted by Gasteiger charge is 2.28. The van der Waals surface area contributed by atoms with E-state index < -0.39 is 17.7 Å². The van der Waals surface area contributed by atoms with E-state index in [-0.39, 0.29) is 24.6 Å². The lowest BCUT2D eigenvalue weighted by atomic mass is 10.0. The molecule has 5 nitrogen and oxygen atoms in total. The minimum absolute atomic E-state index is 0.185. The third kappa shape index (κ3) is 6.66. The SMILES string of the molecule is Cc1cc(CCc2cc(C#C[C@H]3CCCN3C(=O)OCc3ccccc3)cc(F)c2F)nc(-n2c(C)ccc2C)c1. The van der Waals surface area contributed by atoms with Crippen molar-refractivity contribution in [2.45, 2.75) is 59.1 Å². The summed E-state index contributed by atoms with van der Waals surface area (Å²) in [5, 5.41) is 0. The molecule has 1 aliphatic heterocycles. The Kier molecular flexibility index (Phi) is 8.49. The van der Waals surface area contributed by atoms with Crippen LogP contribution in [0.15, 0.2) is 66.7 Å². The van der Waals surface area contributed by atoms with E-state index in [4.69, 9.17) is 9.72 Å². The van der Waals surface area contributed by atoms with Gasteiger partial charge in [-0.3, -0.25) is 4.90 Å². The summed E-state index contributed by atoms with van der Waals surface area (Å²) in [7, 11) is 0. The van der Waals surface area contributed by atoms with Crippen LogP contribution in [0.4, 0.5) is 13.6 Å². The van der Waals surface area contributed by atoms with E-state index in [9.17, 15) is 13.6 Å². The molecular weight excluding hydrogens is 520 g/mol. The van der Waals surface area contributed by atoms with Crippen LogP contribution in [0.25, 0.3) is 5.82 Å². The van der Waals surface area contributed by atoms with Crippen LogP contribution in [0.2, 0.25) is 0 Å². The first-order chi connectivity index (χ1) is 19.8. The number of rotatable bonds is 6. The van der Waals surface area contributed by atoms with Gasteiger partial charge < -0.3 is 9.30 Å². The fourth-order valence-corrected chi connectivity index (χ4v) is 5.26. The average Bonchev–Trinajstić information content (AvgIpc) is 3.57. The molecule has 3 heterocycles. The van der Waals surface area contributed by atoms with Crippen LogP contribution in [0.1, 0.15) is 52.2 Å². The summed E-state index contributed by atoms with van der Waals surface area (Å²) in [6, 6.07) is 19.9. The van der Waals surface area contributed by atoms with Crippen molar-refractivity contribution in [2.75, 3.05) is 6.54 Å². The van der Waals surface area contributed by atoms with Crippen LogP contribution in [-0.4, -0.2) is 33.1 Å². The van der Waals surface area contributed by atoms with Crippen LogP contribution < -0.4 is 0 Å². The number of nitrogens with zero attached hydrogens (tertiary/aromatic N) is 3. The molecule has 0 aliphatic carbocycles. The highest BCUT2D eigenvalue weighted by Crippen LogP contribution is 2.21. The summed E-state index contributed by atoms with van der Waals surface area (Å²) in [6.45, 7) is 6.79. The molecule has 2 aromatic carbocycles. The predicted molar refractivity (Wildman–Crippen MR) is 155 cm³/mol. The molecular formula is C34H33F2N3O2. The zero-order valence-corrected chi connectivity index (χ0v) is 23.6. The molecule has 1 atom stereocenters. The summed E-state index contributed by atoms with van der Waals surface area (Å²) in [5.41, 5.74) is 5.54. The highest BCUT2D eigenvalue weighted by atomic mass is 19.2. The van der Waals surface area contributed by atoms with Gasteiger partial charge in [0, 0.05) is 29.2 Å². The summed E-state index contributed by atoms with van der Waals surface area (Å²) in [5.74, 6) is 5.07. The number of aryl methyl sites for hydroxylation is 5. The second-order valence-electron chi connectivity index (χ2n) is 10.5. The summed E-state index contributed by atoms with van der Waals surface area (Å²) in [6.07, 6.45) is 1.80. The van der Waals surface area contributed by atoms with Gasteiger partial charge in [-0.25, -0.2) is 18.6 Å². The minimum atomic E-state index is -0.936. The molecule has 0 radical (unpaired) electrons. The number of carbonyl (C=O) groups excluding carboxylic acids is 1. The Balaban J connectivity index is 1.29. The number of benzene rings is 2. The summed E-state index contributed by atoms with van der Waals surface area (Å²) in [4.78, 5) is 19.1. The van der Waals surface area contributed by atoms with E-state index in [1.807, 2.05) is 75.4 Å². The maximum atomic E-state index is 14.8. The smallest absolute Gasteiger partial charge is 0.411 e. The van der Waals surface area contributed by atoms with Gasteiger partial charge in [-0.1, -0.05) is 42.2 Å². The van der Waals surface area contributed by atoms with E-state index in [1.54, 1.807) is 11.0 Å². The van der Waals surface area contributed by atoms with Crippen molar-refractivity contribution < 1.29 is 18.3 Å². The Labute approximate surface area is 239 Å². The second-order valence-corrected chi connectivity index (χ2v) is 10.5. The Morgan fingerprint density at radius 1 is 1.00 bits per heavy atom. The van der Waals surface area contributed by atoms with Crippen molar-refractivity contribution in [2.24, 2.45) is 0 Å². The normalized spacial score (nSPS) is 14.6. The van der Waals surface area contributed by atoms with Gasteiger partial charge in [0.05, 0.1) is 6.04 Å². The molecule has 0 unspecified atom stereocenters. The maximum Gasteiger partial charge on any atom is 0.411 e. The number of carbonyl (C=O) groups is 1. The predicted octanol–water partition coefficient (Wildman–Crippen LogP) is 7.01. The van der Waals surface area contributed by atoms with Crippen molar-refractivity contribution >= 4 is 6.09 Å². The van der Waals surface area contributed by atoms with Gasteiger partial charge in [0.25, 0.3) is 0 Å². The van der Waals surface area contributed by atoms with Crippen molar-refractivity contribution in [3.63, 3.8) is 0 Å². The Morgan fingerprint density at radius 3 is 2.51 bits per heavy atom. The molecule has 7 heteroatoms. The quantitative estimate of drug-likeness (QED) is 0.241. The molecule has 1 saturated heterocycles. The van der Waals surface area contributed by atoms with E-state index >= 15 is 0 Å². The lowest BCUT2D eigenvalue weighted by Gasteiger charge is -2.20. The number of hydrogen-bond donors (Lipinski definition) is 0. The van der Waals surface area contributed by atoms with Gasteiger partial charge in [-0.15, -0.1) is 0 Å². The van der Waals surface area contributed by atoms with Gasteiger partial charge in [-0.05, 0) is 99.5 Å². The molecule has 4 aromatic rings. The number of ether oxygens (including phenoxy) is 1. The number of aromatic nitrogens is 2. The standard InChI is InChI=1S/C34H33F2N3O2/c1-23-18-29(37-32(19-23)39-24(2)11-12-25(39)3)15-14-28-20-27(21-31(35)33(28)36)13-16-30-10-7-17-38(30)34(40)41-22-26-8-5-4-6-9-26/h4-6,8-9,11-12,18-21,30H,7,10,14-15,17,22H2,1-3H3/t30-/m1/s1. The van der Waals surface area contributed by atoms with Crippen molar-refractivity contribution in [3.8, 4) is 17.7 Å². The second kappa shape index (κ2) is 12.4. The third-order valence-electron chi connectivity index (χ3n) is 7.34. The third-order valence-corrected chi connectivity index (χ3v) is 7.34. The Bertz CT molecular complexity index is 1600. The van der Waals surface area contributed by atoms with Gasteiger partial charge in [-0.2, -0.15) is 0 Å². The maximum absolute atomic E-state index is 14.8. The average molecular weight is 554 g/mol. The molecule has 210 valence electrons. The van der Waals surface area contributed by atoms with E-state index in [0.717, 1.165) is 46.5 Å². The lowest BCUT2D eigenvalue weighted by Crippen LogP contribution is -2.35. The molecule has 1 fully saturated rings. The molecule has 0 spiro atoms. The molecule has 0 bridgehead atoms. The highest BCUT2D eigenvalue weighted by molar-refractivity contribution is 5.69. The minimum Gasteiger partial charge on any atom is -0.445 e. The summed E-state index contributed by atoms with van der Waals surface area (Å²) < 4.78 is 36.9. The van der Waals surface area contributed by atoms with Crippen LogP contribution in [0.5, 0.6) is 0 Å². The molecule has 41 heavy (non-hydrogen) atoms.